The number of rotatable bonds is 4. The Labute approximate surface area is 187 Å². The van der Waals surface area contributed by atoms with Crippen LogP contribution in [-0.4, -0.2) is 59.8 Å². The minimum absolute atomic E-state index is 0.0142. The van der Waals surface area contributed by atoms with Gasteiger partial charge in [-0.2, -0.15) is 0 Å². The fourth-order valence-electron chi connectivity index (χ4n) is 4.94. The van der Waals surface area contributed by atoms with Crippen LogP contribution in [0.3, 0.4) is 0 Å². The van der Waals surface area contributed by atoms with Crippen molar-refractivity contribution < 1.29 is 14.4 Å². The number of pyridine rings is 1. The van der Waals surface area contributed by atoms with E-state index in [-0.39, 0.29) is 30.3 Å². The molecule has 1 aromatic heterocycles. The number of aromatic nitrogens is 1. The first kappa shape index (κ1) is 20.5. The highest BCUT2D eigenvalue weighted by Gasteiger charge is 2.40. The topological polar surface area (TPSA) is 85.9 Å². The molecular formula is C24H27N5O3. The normalized spacial score (nSPS) is 20.1. The van der Waals surface area contributed by atoms with Crippen molar-refractivity contribution in [2.24, 2.45) is 0 Å². The number of hydrogen-bond donors (Lipinski definition) is 1. The fourth-order valence-corrected chi connectivity index (χ4v) is 4.94. The summed E-state index contributed by atoms with van der Waals surface area (Å²) in [4.78, 5) is 48.8. The summed E-state index contributed by atoms with van der Waals surface area (Å²) in [5.41, 5.74) is 2.76. The Kier molecular flexibility index (Phi) is 5.51. The second-order valence-electron chi connectivity index (χ2n) is 8.62. The van der Waals surface area contributed by atoms with Crippen molar-refractivity contribution in [1.29, 1.82) is 0 Å². The Bertz CT molecular complexity index is 1040. The average Bonchev–Trinajstić information content (AvgIpc) is 3.37. The van der Waals surface area contributed by atoms with Gasteiger partial charge in [-0.15, -0.1) is 0 Å². The van der Waals surface area contributed by atoms with Gasteiger partial charge >= 0.3 is 0 Å². The number of carbonyl (C=O) groups excluding carboxylic acids is 3. The highest BCUT2D eigenvalue weighted by Crippen LogP contribution is 2.40. The van der Waals surface area contributed by atoms with Gasteiger partial charge in [0.2, 0.25) is 11.8 Å². The minimum Gasteiger partial charge on any atom is -0.358 e. The molecule has 5 rings (SSSR count). The zero-order valence-electron chi connectivity index (χ0n) is 18.0. The third kappa shape index (κ3) is 3.81. The van der Waals surface area contributed by atoms with Crippen molar-refractivity contribution in [1.82, 2.24) is 9.88 Å². The Hall–Kier alpha value is -3.42. The molecule has 0 spiro atoms. The summed E-state index contributed by atoms with van der Waals surface area (Å²) < 4.78 is 0. The van der Waals surface area contributed by atoms with Crippen LogP contribution in [-0.2, 0) is 9.59 Å². The molecule has 2 saturated heterocycles. The summed E-state index contributed by atoms with van der Waals surface area (Å²) in [5, 5.41) is 2.83. The van der Waals surface area contributed by atoms with E-state index in [1.54, 1.807) is 35.5 Å². The van der Waals surface area contributed by atoms with Crippen LogP contribution in [0.2, 0.25) is 0 Å². The maximum absolute atomic E-state index is 13.4. The third-order valence-corrected chi connectivity index (χ3v) is 6.54. The van der Waals surface area contributed by atoms with Crippen LogP contribution >= 0.6 is 0 Å². The number of fused-ring (bicyclic) bond motifs is 3. The standard InChI is InChI=1S/C24H27N5O3/c30-22(26-18-8-10-25-11-9-18)16-29-21-15-17(23(31)27-12-3-4-13-27)6-7-19(21)28-14-2-1-5-20(28)24(29)32/h6-11,15,20H,1-5,12-14,16H2,(H,25,26,30)/t20-/m0/s1. The van der Waals surface area contributed by atoms with Crippen LogP contribution < -0.4 is 15.1 Å². The van der Waals surface area contributed by atoms with Crippen LogP contribution in [0.15, 0.2) is 42.7 Å². The summed E-state index contributed by atoms with van der Waals surface area (Å²) in [6.07, 6.45) is 8.04. The van der Waals surface area contributed by atoms with Gasteiger partial charge in [-0.25, -0.2) is 0 Å². The minimum atomic E-state index is -0.281. The molecule has 4 heterocycles. The van der Waals surface area contributed by atoms with Gasteiger partial charge in [-0.3, -0.25) is 24.3 Å². The van der Waals surface area contributed by atoms with Crippen molar-refractivity contribution >= 4 is 34.8 Å². The van der Waals surface area contributed by atoms with Crippen molar-refractivity contribution in [2.45, 2.75) is 38.1 Å². The van der Waals surface area contributed by atoms with Gasteiger partial charge in [-0.1, -0.05) is 0 Å². The molecule has 1 aromatic carbocycles. The summed E-state index contributed by atoms with van der Waals surface area (Å²) in [7, 11) is 0. The van der Waals surface area contributed by atoms with E-state index in [1.807, 2.05) is 17.0 Å². The molecule has 1 atom stereocenters. The molecule has 3 aliphatic rings. The van der Waals surface area contributed by atoms with Gasteiger partial charge in [0.15, 0.2) is 0 Å². The fraction of sp³-hybridized carbons (Fsp3) is 0.417. The van der Waals surface area contributed by atoms with E-state index in [1.165, 1.54) is 0 Å². The number of nitrogens with zero attached hydrogens (tertiary/aromatic N) is 4. The number of hydrogen-bond acceptors (Lipinski definition) is 5. The molecular weight excluding hydrogens is 406 g/mol. The van der Waals surface area contributed by atoms with Crippen LogP contribution in [0.25, 0.3) is 0 Å². The van der Waals surface area contributed by atoms with Gasteiger partial charge < -0.3 is 15.1 Å². The van der Waals surface area contributed by atoms with E-state index in [4.69, 9.17) is 0 Å². The first-order valence-corrected chi connectivity index (χ1v) is 11.3. The molecule has 2 fully saturated rings. The van der Waals surface area contributed by atoms with Crippen LogP contribution in [0.4, 0.5) is 17.1 Å². The molecule has 0 bridgehead atoms. The first-order chi connectivity index (χ1) is 15.6. The van der Waals surface area contributed by atoms with E-state index in [2.05, 4.69) is 15.2 Å². The molecule has 0 unspecified atom stereocenters. The SMILES string of the molecule is O=C(CN1C(=O)[C@@H]2CCCCN2c2ccc(C(=O)N3CCCC3)cc21)Nc1ccncc1. The zero-order chi connectivity index (χ0) is 22.1. The highest BCUT2D eigenvalue weighted by molar-refractivity contribution is 6.11. The van der Waals surface area contributed by atoms with E-state index in [9.17, 15) is 14.4 Å². The molecule has 166 valence electrons. The summed E-state index contributed by atoms with van der Waals surface area (Å²) >= 11 is 0. The third-order valence-electron chi connectivity index (χ3n) is 6.54. The van der Waals surface area contributed by atoms with E-state index in [0.717, 1.165) is 57.4 Å². The lowest BCUT2D eigenvalue weighted by Crippen LogP contribution is -2.56. The van der Waals surface area contributed by atoms with E-state index in [0.29, 0.717) is 16.9 Å². The van der Waals surface area contributed by atoms with Crippen molar-refractivity contribution in [2.75, 3.05) is 41.3 Å². The number of nitrogens with one attached hydrogen (secondary N) is 1. The quantitative estimate of drug-likeness (QED) is 0.801. The first-order valence-electron chi connectivity index (χ1n) is 11.3. The molecule has 2 aromatic rings. The Balaban J connectivity index is 1.46. The lowest BCUT2D eigenvalue weighted by Gasteiger charge is -2.45. The number of amides is 3. The average molecular weight is 434 g/mol. The molecule has 3 amide bonds. The molecule has 8 nitrogen and oxygen atoms in total. The summed E-state index contributed by atoms with van der Waals surface area (Å²) in [5.74, 6) is -0.372. The number of carbonyl (C=O) groups is 3. The zero-order valence-corrected chi connectivity index (χ0v) is 18.0. The van der Waals surface area contributed by atoms with Gasteiger partial charge in [0.25, 0.3) is 5.91 Å². The maximum Gasteiger partial charge on any atom is 0.253 e. The highest BCUT2D eigenvalue weighted by atomic mass is 16.2. The number of piperidine rings is 1. The molecule has 8 heteroatoms. The molecule has 32 heavy (non-hydrogen) atoms. The lowest BCUT2D eigenvalue weighted by atomic mass is 9.95. The van der Waals surface area contributed by atoms with Crippen LogP contribution in [0.5, 0.6) is 0 Å². The van der Waals surface area contributed by atoms with Crippen LogP contribution in [0, 0.1) is 0 Å². The lowest BCUT2D eigenvalue weighted by molar-refractivity contribution is -0.123. The Morgan fingerprint density at radius 3 is 2.50 bits per heavy atom. The largest absolute Gasteiger partial charge is 0.358 e. The Morgan fingerprint density at radius 2 is 1.72 bits per heavy atom. The number of anilines is 3. The van der Waals surface area contributed by atoms with E-state index < -0.39 is 0 Å². The Morgan fingerprint density at radius 1 is 0.969 bits per heavy atom. The van der Waals surface area contributed by atoms with E-state index >= 15 is 0 Å². The predicted molar refractivity (Wildman–Crippen MR) is 122 cm³/mol. The molecule has 0 radical (unpaired) electrons. The molecule has 1 N–H and O–H groups in total. The molecule has 0 aliphatic carbocycles. The predicted octanol–water partition coefficient (Wildman–Crippen LogP) is 2.66. The van der Waals surface area contributed by atoms with Crippen LogP contribution in [0.1, 0.15) is 42.5 Å². The molecule has 0 saturated carbocycles. The van der Waals surface area contributed by atoms with Crippen molar-refractivity contribution in [3.63, 3.8) is 0 Å². The molecule has 3 aliphatic heterocycles. The summed E-state index contributed by atoms with van der Waals surface area (Å²) in [6.45, 7) is 2.24. The second-order valence-corrected chi connectivity index (χ2v) is 8.62. The monoisotopic (exact) mass is 433 g/mol. The number of likely N-dealkylation sites (tertiary alicyclic amines) is 1. The van der Waals surface area contributed by atoms with Crippen molar-refractivity contribution in [3.05, 3.63) is 48.3 Å². The van der Waals surface area contributed by atoms with Gasteiger partial charge in [0, 0.05) is 43.3 Å². The number of benzene rings is 1. The van der Waals surface area contributed by atoms with Crippen molar-refractivity contribution in [3.8, 4) is 0 Å². The maximum atomic E-state index is 13.4. The smallest absolute Gasteiger partial charge is 0.253 e. The van der Waals surface area contributed by atoms with Gasteiger partial charge in [-0.05, 0) is 62.4 Å². The summed E-state index contributed by atoms with van der Waals surface area (Å²) in [6, 6.07) is 8.75. The second kappa shape index (κ2) is 8.61. The van der Waals surface area contributed by atoms with Gasteiger partial charge in [0.05, 0.1) is 11.4 Å². The van der Waals surface area contributed by atoms with Gasteiger partial charge in [0.1, 0.15) is 12.6 Å².